The molecule has 0 fully saturated rings. The van der Waals surface area contributed by atoms with Crippen molar-refractivity contribution in [1.82, 2.24) is 0 Å². The van der Waals surface area contributed by atoms with E-state index in [0.29, 0.717) is 36.7 Å². The number of hydrogen-bond donors (Lipinski definition) is 1. The molecule has 3 aromatic rings. The molecule has 0 radical (unpaired) electrons. The molecule has 0 saturated heterocycles. The van der Waals surface area contributed by atoms with Gasteiger partial charge < -0.3 is 19.3 Å². The van der Waals surface area contributed by atoms with Crippen LogP contribution >= 0.6 is 0 Å². The number of sulfone groups is 1. The van der Waals surface area contributed by atoms with E-state index in [9.17, 15) is 17.6 Å². The Morgan fingerprint density at radius 3 is 2.62 bits per heavy atom. The molecule has 39 heavy (non-hydrogen) atoms. The van der Waals surface area contributed by atoms with Crippen molar-refractivity contribution in [3.8, 4) is 28.4 Å². The predicted octanol–water partition coefficient (Wildman–Crippen LogP) is 5.24. The lowest BCUT2D eigenvalue weighted by Gasteiger charge is -2.28. The first-order valence-corrected chi connectivity index (χ1v) is 15.0. The summed E-state index contributed by atoms with van der Waals surface area (Å²) in [7, 11) is -3.02. The second-order valence-electron chi connectivity index (χ2n) is 10.3. The lowest BCUT2D eigenvalue weighted by molar-refractivity contribution is -0.137. The molecule has 1 heterocycles. The van der Waals surface area contributed by atoms with Crippen LogP contribution in [0.25, 0.3) is 11.1 Å². The monoisotopic (exact) mass is 554 g/mol. The van der Waals surface area contributed by atoms with Gasteiger partial charge in [0.15, 0.2) is 0 Å². The van der Waals surface area contributed by atoms with Gasteiger partial charge in [0.1, 0.15) is 39.5 Å². The summed E-state index contributed by atoms with van der Waals surface area (Å²) in [5.41, 5.74) is 6.55. The Labute approximate surface area is 227 Å². The predicted molar refractivity (Wildman–Crippen MR) is 145 cm³/mol. The van der Waals surface area contributed by atoms with Crippen LogP contribution in [-0.2, 0) is 34.1 Å². The molecule has 1 N–H and O–H groups in total. The Balaban J connectivity index is 1.30. The molecule has 9 heteroatoms. The highest BCUT2D eigenvalue weighted by Gasteiger charge is 2.27. The molecule has 5 rings (SSSR count). The largest absolute Gasteiger partial charge is 0.493 e. The summed E-state index contributed by atoms with van der Waals surface area (Å²) in [4.78, 5) is 11.1. The van der Waals surface area contributed by atoms with E-state index in [-0.39, 0.29) is 30.5 Å². The van der Waals surface area contributed by atoms with Gasteiger partial charge in [-0.25, -0.2) is 12.8 Å². The SMILES string of the molecule is Cc1cc(OCCCS(C)(=O)=O)c2c(c1-c1ccc(F)c(COc3ccc4c(c3)OCC4CC(=O)O)c1)CC2. The smallest absolute Gasteiger partial charge is 0.304 e. The van der Waals surface area contributed by atoms with Crippen molar-refractivity contribution in [3.63, 3.8) is 0 Å². The summed E-state index contributed by atoms with van der Waals surface area (Å²) in [5, 5.41) is 9.09. The van der Waals surface area contributed by atoms with E-state index >= 15 is 0 Å². The molecule has 0 spiro atoms. The van der Waals surface area contributed by atoms with Crippen molar-refractivity contribution < 1.29 is 36.9 Å². The Morgan fingerprint density at radius 2 is 1.90 bits per heavy atom. The Morgan fingerprint density at radius 1 is 1.10 bits per heavy atom. The van der Waals surface area contributed by atoms with Crippen LogP contribution in [-0.4, -0.2) is 44.7 Å². The third-order valence-electron chi connectivity index (χ3n) is 7.26. The van der Waals surface area contributed by atoms with Crippen LogP contribution in [0.5, 0.6) is 17.2 Å². The molecule has 1 unspecified atom stereocenters. The average Bonchev–Trinajstić information content (AvgIpc) is 3.23. The zero-order valence-corrected chi connectivity index (χ0v) is 22.8. The van der Waals surface area contributed by atoms with E-state index in [0.717, 1.165) is 46.4 Å². The number of benzene rings is 3. The van der Waals surface area contributed by atoms with Gasteiger partial charge in [-0.1, -0.05) is 12.1 Å². The lowest BCUT2D eigenvalue weighted by Crippen LogP contribution is -2.15. The Hall–Kier alpha value is -3.59. The molecular formula is C30H31FO7S. The number of halogens is 1. The van der Waals surface area contributed by atoms with Gasteiger partial charge in [0.2, 0.25) is 0 Å². The number of carboxylic acids is 1. The van der Waals surface area contributed by atoms with Crippen LogP contribution in [0.15, 0.2) is 42.5 Å². The number of aryl methyl sites for hydroxylation is 1. The van der Waals surface area contributed by atoms with Gasteiger partial charge in [-0.05, 0) is 78.3 Å². The maximum absolute atomic E-state index is 14.8. The first-order valence-electron chi connectivity index (χ1n) is 12.9. The third kappa shape index (κ3) is 6.03. The number of fused-ring (bicyclic) bond motifs is 2. The molecule has 0 bridgehead atoms. The highest BCUT2D eigenvalue weighted by atomic mass is 32.2. The van der Waals surface area contributed by atoms with Crippen molar-refractivity contribution in [2.45, 2.75) is 45.1 Å². The number of aliphatic carboxylic acids is 1. The minimum atomic E-state index is -3.02. The zero-order chi connectivity index (χ0) is 27.7. The number of ether oxygens (including phenoxy) is 3. The van der Waals surface area contributed by atoms with Gasteiger partial charge in [0.05, 0.1) is 25.4 Å². The summed E-state index contributed by atoms with van der Waals surface area (Å²) in [6, 6.07) is 12.3. The fourth-order valence-corrected chi connectivity index (χ4v) is 5.92. The van der Waals surface area contributed by atoms with Crippen molar-refractivity contribution in [3.05, 3.63) is 76.1 Å². The van der Waals surface area contributed by atoms with Gasteiger partial charge in [-0.15, -0.1) is 0 Å². The molecule has 0 aromatic heterocycles. The van der Waals surface area contributed by atoms with Crippen LogP contribution in [0, 0.1) is 12.7 Å². The Bertz CT molecular complexity index is 1530. The number of rotatable bonds is 11. The lowest BCUT2D eigenvalue weighted by atomic mass is 9.79. The molecule has 1 aliphatic carbocycles. The van der Waals surface area contributed by atoms with E-state index in [1.165, 1.54) is 17.9 Å². The van der Waals surface area contributed by atoms with Crippen molar-refractivity contribution in [2.24, 2.45) is 0 Å². The minimum absolute atomic E-state index is 0.00458. The maximum Gasteiger partial charge on any atom is 0.304 e. The Kier molecular flexibility index (Phi) is 7.53. The fourth-order valence-electron chi connectivity index (χ4n) is 5.28. The van der Waals surface area contributed by atoms with Gasteiger partial charge in [0.25, 0.3) is 0 Å². The molecule has 1 atom stereocenters. The molecule has 7 nitrogen and oxygen atoms in total. The molecule has 206 valence electrons. The maximum atomic E-state index is 14.8. The molecular weight excluding hydrogens is 523 g/mol. The highest BCUT2D eigenvalue weighted by Crippen LogP contribution is 2.43. The molecule has 2 aliphatic rings. The third-order valence-corrected chi connectivity index (χ3v) is 8.29. The average molecular weight is 555 g/mol. The summed E-state index contributed by atoms with van der Waals surface area (Å²) < 4.78 is 55.0. The van der Waals surface area contributed by atoms with Gasteiger partial charge in [0, 0.05) is 29.4 Å². The second-order valence-corrected chi connectivity index (χ2v) is 12.5. The summed E-state index contributed by atoms with van der Waals surface area (Å²) in [6.45, 7) is 2.68. The topological polar surface area (TPSA) is 99.1 Å². The summed E-state index contributed by atoms with van der Waals surface area (Å²) in [6.07, 6.45) is 3.45. The van der Waals surface area contributed by atoms with Crippen LogP contribution < -0.4 is 14.2 Å². The van der Waals surface area contributed by atoms with Gasteiger partial charge in [-0.2, -0.15) is 0 Å². The normalized spacial score (nSPS) is 15.6. The van der Waals surface area contributed by atoms with E-state index in [4.69, 9.17) is 19.3 Å². The molecule has 0 amide bonds. The van der Waals surface area contributed by atoms with Gasteiger partial charge in [-0.3, -0.25) is 4.79 Å². The van der Waals surface area contributed by atoms with Crippen molar-refractivity contribution in [1.29, 1.82) is 0 Å². The second kappa shape index (κ2) is 10.9. The highest BCUT2D eigenvalue weighted by molar-refractivity contribution is 7.90. The van der Waals surface area contributed by atoms with Crippen molar-refractivity contribution in [2.75, 3.05) is 25.2 Å². The van der Waals surface area contributed by atoms with E-state index < -0.39 is 15.8 Å². The van der Waals surface area contributed by atoms with Crippen LogP contribution in [0.3, 0.4) is 0 Å². The molecule has 0 saturated carbocycles. The number of carbonyl (C=O) groups is 1. The first kappa shape index (κ1) is 27.0. The number of hydrogen-bond acceptors (Lipinski definition) is 6. The first-order chi connectivity index (χ1) is 18.6. The molecule has 3 aromatic carbocycles. The standard InChI is InChI=1S/C30H31FO7S/c1-18-12-27(36-10-3-11-39(2,34)35)24-7-8-25(24)30(18)19-4-9-26(31)21(13-19)17-37-22-5-6-23-20(14-29(32)33)16-38-28(23)15-22/h4-6,9,12-13,15,20H,3,7-8,10-11,14,16-17H2,1-2H3,(H,32,33). The van der Waals surface area contributed by atoms with Gasteiger partial charge >= 0.3 is 5.97 Å². The van der Waals surface area contributed by atoms with E-state index in [1.54, 1.807) is 18.2 Å². The van der Waals surface area contributed by atoms with Crippen LogP contribution in [0.1, 0.15) is 46.6 Å². The van der Waals surface area contributed by atoms with E-state index in [1.807, 2.05) is 25.1 Å². The summed E-state index contributed by atoms with van der Waals surface area (Å²) in [5.74, 6) is 0.584. The fraction of sp³-hybridized carbons (Fsp3) is 0.367. The molecule has 1 aliphatic heterocycles. The van der Waals surface area contributed by atoms with Crippen LogP contribution in [0.2, 0.25) is 0 Å². The zero-order valence-electron chi connectivity index (χ0n) is 22.0. The van der Waals surface area contributed by atoms with E-state index in [2.05, 4.69) is 0 Å². The summed E-state index contributed by atoms with van der Waals surface area (Å²) >= 11 is 0. The quantitative estimate of drug-likeness (QED) is 0.324. The van der Waals surface area contributed by atoms with Crippen molar-refractivity contribution >= 4 is 15.8 Å². The minimum Gasteiger partial charge on any atom is -0.493 e. The number of carboxylic acid groups (broad SMARTS) is 1. The van der Waals surface area contributed by atoms with Crippen LogP contribution in [0.4, 0.5) is 4.39 Å².